The summed E-state index contributed by atoms with van der Waals surface area (Å²) in [5.41, 5.74) is 0.541. The molecule has 1 aromatic rings. The van der Waals surface area contributed by atoms with E-state index < -0.39 is 5.60 Å². The van der Waals surface area contributed by atoms with E-state index in [9.17, 15) is 5.11 Å². The minimum Gasteiger partial charge on any atom is -0.497 e. The largest absolute Gasteiger partial charge is 0.497 e. The number of rotatable bonds is 7. The third-order valence-electron chi connectivity index (χ3n) is 5.70. The Morgan fingerprint density at radius 1 is 1.18 bits per heavy atom. The van der Waals surface area contributed by atoms with Crippen LogP contribution < -0.4 is 25.0 Å². The molecule has 0 aromatic heterocycles. The first-order chi connectivity index (χ1) is 13.5. The number of hydrogen-bond donors (Lipinski definition) is 3. The highest BCUT2D eigenvalue weighted by atomic mass is 16.5. The van der Waals surface area contributed by atoms with Crippen molar-refractivity contribution < 1.29 is 14.6 Å². The van der Waals surface area contributed by atoms with Gasteiger partial charge in [0.2, 0.25) is 0 Å². The molecule has 7 nitrogen and oxygen atoms in total. The second kappa shape index (κ2) is 9.37. The molecule has 0 bridgehead atoms. The first-order valence-corrected chi connectivity index (χ1v) is 10.3. The van der Waals surface area contributed by atoms with Gasteiger partial charge in [0.05, 0.1) is 26.4 Å². The summed E-state index contributed by atoms with van der Waals surface area (Å²) >= 11 is 0. The van der Waals surface area contributed by atoms with Crippen LogP contribution in [0.2, 0.25) is 0 Å². The topological polar surface area (TPSA) is 78.4 Å². The lowest BCUT2D eigenvalue weighted by Gasteiger charge is -2.36. The van der Waals surface area contributed by atoms with Crippen LogP contribution in [0.3, 0.4) is 0 Å². The number of nitrogens with one attached hydrogen (secondary N) is 2. The highest BCUT2D eigenvalue weighted by Gasteiger charge is 2.34. The van der Waals surface area contributed by atoms with Crippen molar-refractivity contribution in [3.05, 3.63) is 18.2 Å². The molecule has 0 spiro atoms. The quantitative estimate of drug-likeness (QED) is 0.489. The monoisotopic (exact) mass is 390 g/mol. The van der Waals surface area contributed by atoms with Crippen molar-refractivity contribution in [2.75, 3.05) is 45.3 Å². The van der Waals surface area contributed by atoms with E-state index in [1.165, 1.54) is 0 Å². The zero-order chi connectivity index (χ0) is 20.0. The molecule has 1 aliphatic heterocycles. The highest BCUT2D eigenvalue weighted by molar-refractivity contribution is 5.80. The zero-order valence-electron chi connectivity index (χ0n) is 17.3. The molecule has 1 aromatic carbocycles. The minimum atomic E-state index is -0.586. The Morgan fingerprint density at radius 3 is 2.32 bits per heavy atom. The molecule has 3 rings (SSSR count). The highest BCUT2D eigenvalue weighted by Crippen LogP contribution is 2.32. The lowest BCUT2D eigenvalue weighted by Crippen LogP contribution is -2.49. The van der Waals surface area contributed by atoms with Crippen LogP contribution in [0, 0.1) is 0 Å². The minimum absolute atomic E-state index is 0.373. The first kappa shape index (κ1) is 20.6. The summed E-state index contributed by atoms with van der Waals surface area (Å²) in [6.07, 6.45) is 4.86. The number of piperidine rings is 1. The number of nitrogens with zero attached hydrogens (tertiary/aromatic N) is 2. The molecular weight excluding hydrogens is 356 g/mol. The van der Waals surface area contributed by atoms with Gasteiger partial charge in [-0.3, -0.25) is 4.99 Å². The van der Waals surface area contributed by atoms with Crippen LogP contribution in [0.15, 0.2) is 23.2 Å². The fraction of sp³-hybridized carbons (Fsp3) is 0.667. The first-order valence-electron chi connectivity index (χ1n) is 10.3. The third kappa shape index (κ3) is 5.22. The molecule has 156 valence electrons. The molecule has 2 fully saturated rings. The van der Waals surface area contributed by atoms with Crippen LogP contribution in [-0.2, 0) is 0 Å². The summed E-state index contributed by atoms with van der Waals surface area (Å²) in [6.45, 7) is 5.26. The van der Waals surface area contributed by atoms with Crippen molar-refractivity contribution in [2.45, 2.75) is 50.7 Å². The smallest absolute Gasteiger partial charge is 0.191 e. The van der Waals surface area contributed by atoms with Gasteiger partial charge in [-0.05, 0) is 39.0 Å². The molecule has 7 heteroatoms. The summed E-state index contributed by atoms with van der Waals surface area (Å²) in [6, 6.07) is 6.38. The van der Waals surface area contributed by atoms with Gasteiger partial charge in [-0.2, -0.15) is 0 Å². The van der Waals surface area contributed by atoms with Gasteiger partial charge in [0, 0.05) is 49.6 Å². The van der Waals surface area contributed by atoms with Crippen molar-refractivity contribution in [3.63, 3.8) is 0 Å². The van der Waals surface area contributed by atoms with Crippen LogP contribution in [0.5, 0.6) is 11.5 Å². The Kier molecular flexibility index (Phi) is 6.88. The predicted octanol–water partition coefficient (Wildman–Crippen LogP) is 2.14. The molecule has 1 aliphatic carbocycles. The summed E-state index contributed by atoms with van der Waals surface area (Å²) in [5, 5.41) is 17.1. The van der Waals surface area contributed by atoms with Crippen LogP contribution in [0.4, 0.5) is 5.69 Å². The normalized spacial score (nSPS) is 19.7. The van der Waals surface area contributed by atoms with Gasteiger partial charge in [-0.15, -0.1) is 0 Å². The van der Waals surface area contributed by atoms with E-state index in [1.54, 1.807) is 14.2 Å². The predicted molar refractivity (Wildman–Crippen MR) is 113 cm³/mol. The fourth-order valence-corrected chi connectivity index (χ4v) is 3.74. The molecule has 0 amide bonds. The molecule has 3 N–H and O–H groups in total. The van der Waals surface area contributed by atoms with Crippen molar-refractivity contribution in [2.24, 2.45) is 4.99 Å². The maximum absolute atomic E-state index is 10.3. The standard InChI is InChI=1S/C21H34N4O3/c1-4-22-20(23-15-21(26)8-5-9-21)24-16-6-10-25(11-7-16)17-12-18(27-2)14-19(13-17)28-3/h12-14,16,26H,4-11,15H2,1-3H3,(H2,22,23,24). The zero-order valence-corrected chi connectivity index (χ0v) is 17.3. The second-order valence-corrected chi connectivity index (χ2v) is 7.75. The summed E-state index contributed by atoms with van der Waals surface area (Å²) in [4.78, 5) is 6.99. The summed E-state index contributed by atoms with van der Waals surface area (Å²) in [7, 11) is 3.35. The average molecular weight is 391 g/mol. The Morgan fingerprint density at radius 2 is 1.82 bits per heavy atom. The summed E-state index contributed by atoms with van der Waals surface area (Å²) < 4.78 is 10.8. The van der Waals surface area contributed by atoms with Crippen LogP contribution in [-0.4, -0.2) is 63.1 Å². The van der Waals surface area contributed by atoms with E-state index in [1.807, 2.05) is 6.07 Å². The summed E-state index contributed by atoms with van der Waals surface area (Å²) in [5.74, 6) is 2.43. The molecule has 0 radical (unpaired) electrons. The molecule has 1 saturated heterocycles. The van der Waals surface area contributed by atoms with Crippen molar-refractivity contribution in [1.29, 1.82) is 0 Å². The van der Waals surface area contributed by atoms with E-state index in [2.05, 4.69) is 39.6 Å². The Hall–Kier alpha value is -2.15. The van der Waals surface area contributed by atoms with Gasteiger partial charge in [0.15, 0.2) is 5.96 Å². The Labute approximate surface area is 168 Å². The number of benzene rings is 1. The van der Waals surface area contributed by atoms with Gasteiger partial charge in [-0.1, -0.05) is 0 Å². The third-order valence-corrected chi connectivity index (χ3v) is 5.70. The molecule has 1 saturated carbocycles. The second-order valence-electron chi connectivity index (χ2n) is 7.75. The molecule has 0 unspecified atom stereocenters. The number of methoxy groups -OCH3 is 2. The number of anilines is 1. The number of ether oxygens (including phenoxy) is 2. The van der Waals surface area contributed by atoms with Crippen LogP contribution >= 0.6 is 0 Å². The number of aliphatic hydroxyl groups is 1. The van der Waals surface area contributed by atoms with Crippen molar-refractivity contribution in [1.82, 2.24) is 10.6 Å². The number of hydrogen-bond acceptors (Lipinski definition) is 5. The maximum atomic E-state index is 10.3. The van der Waals surface area contributed by atoms with Crippen molar-refractivity contribution in [3.8, 4) is 11.5 Å². The molecule has 0 atom stereocenters. The SMILES string of the molecule is CCNC(=NCC1(O)CCC1)NC1CCN(c2cc(OC)cc(OC)c2)CC1. The van der Waals surface area contributed by atoms with Crippen molar-refractivity contribution >= 4 is 11.6 Å². The van der Waals surface area contributed by atoms with Crippen LogP contribution in [0.1, 0.15) is 39.0 Å². The van der Waals surface area contributed by atoms with Gasteiger partial charge >= 0.3 is 0 Å². The molecular formula is C21H34N4O3. The lowest BCUT2D eigenvalue weighted by molar-refractivity contribution is -0.0236. The van der Waals surface area contributed by atoms with Crippen LogP contribution in [0.25, 0.3) is 0 Å². The van der Waals surface area contributed by atoms with E-state index in [-0.39, 0.29) is 0 Å². The molecule has 1 heterocycles. The number of aliphatic imine (C=N–C) groups is 1. The van der Waals surface area contributed by atoms with E-state index in [0.29, 0.717) is 12.6 Å². The van der Waals surface area contributed by atoms with Gasteiger partial charge < -0.3 is 30.1 Å². The van der Waals surface area contributed by atoms with E-state index in [4.69, 9.17) is 9.47 Å². The average Bonchev–Trinajstić information content (AvgIpc) is 2.70. The Balaban J connectivity index is 1.56. The number of guanidine groups is 1. The Bertz CT molecular complexity index is 645. The molecule has 2 aliphatic rings. The van der Waals surface area contributed by atoms with Gasteiger partial charge in [-0.25, -0.2) is 0 Å². The molecule has 28 heavy (non-hydrogen) atoms. The maximum Gasteiger partial charge on any atom is 0.191 e. The van der Waals surface area contributed by atoms with Gasteiger partial charge in [0.1, 0.15) is 11.5 Å². The van der Waals surface area contributed by atoms with E-state index >= 15 is 0 Å². The fourth-order valence-electron chi connectivity index (χ4n) is 3.74. The lowest BCUT2D eigenvalue weighted by atomic mass is 9.80. The van der Waals surface area contributed by atoms with E-state index in [0.717, 1.165) is 74.9 Å². The van der Waals surface area contributed by atoms with Gasteiger partial charge in [0.25, 0.3) is 0 Å².